The molecule has 0 aliphatic heterocycles. The van der Waals surface area contributed by atoms with Crippen LogP contribution in [0.2, 0.25) is 0 Å². The summed E-state index contributed by atoms with van der Waals surface area (Å²) in [7, 11) is 0. The lowest BCUT2D eigenvalue weighted by Crippen LogP contribution is -2.25. The van der Waals surface area contributed by atoms with E-state index in [1.165, 1.54) is 6.20 Å². The van der Waals surface area contributed by atoms with E-state index in [1.807, 2.05) is 0 Å². The van der Waals surface area contributed by atoms with Gasteiger partial charge >= 0.3 is 0 Å². The largest absolute Gasteiger partial charge is 0.345 e. The highest BCUT2D eigenvalue weighted by Crippen LogP contribution is 1.93. The average molecular weight is 180 g/mol. The van der Waals surface area contributed by atoms with E-state index in [9.17, 15) is 9.59 Å². The molecule has 1 rings (SSSR count). The van der Waals surface area contributed by atoms with E-state index in [0.717, 1.165) is 0 Å². The second-order valence-electron chi connectivity index (χ2n) is 2.12. The number of amides is 1. The Labute approximate surface area is 77.0 Å². The van der Waals surface area contributed by atoms with Crippen LogP contribution >= 0.6 is 0 Å². The zero-order valence-corrected chi connectivity index (χ0v) is 6.36. The predicted octanol–water partition coefficient (Wildman–Crippen LogP) is 0.646. The molecule has 1 N–H and O–H groups in total. The summed E-state index contributed by atoms with van der Waals surface area (Å²) in [4.78, 5) is 24.8. The Morgan fingerprint density at radius 1 is 1.62 bits per heavy atom. The molecule has 4 heteroatoms. The fraction of sp³-hybridized carbons (Fsp3) is 0.222. The second kappa shape index (κ2) is 5.88. The van der Waals surface area contributed by atoms with Gasteiger partial charge in [0, 0.05) is 12.4 Å². The number of rotatable bonds is 3. The molecule has 0 atom stereocenters. The van der Waals surface area contributed by atoms with E-state index >= 15 is 0 Å². The van der Waals surface area contributed by atoms with Gasteiger partial charge in [0.15, 0.2) is 0 Å². The second-order valence-corrected chi connectivity index (χ2v) is 2.12. The Balaban J connectivity index is 0.00000144. The molecule has 1 aromatic rings. The van der Waals surface area contributed by atoms with Crippen LogP contribution in [0.1, 0.15) is 17.8 Å². The summed E-state index contributed by atoms with van der Waals surface area (Å²) < 4.78 is 0. The van der Waals surface area contributed by atoms with Crippen LogP contribution in [0.25, 0.3) is 0 Å². The standard InChI is InChI=1S/C8H8N2O2.CH4/c11-5-4-10-8(12)7-2-1-3-9-6-7;/h1-3,5-6H,4H2,(H,10,12);1H4. The molecule has 13 heavy (non-hydrogen) atoms. The quantitative estimate of drug-likeness (QED) is 0.694. The number of hydrogen-bond donors (Lipinski definition) is 1. The maximum Gasteiger partial charge on any atom is 0.253 e. The summed E-state index contributed by atoms with van der Waals surface area (Å²) in [6.07, 6.45) is 3.66. The average Bonchev–Trinajstić information content (AvgIpc) is 2.15. The Hall–Kier alpha value is -1.71. The van der Waals surface area contributed by atoms with Gasteiger partial charge in [0.2, 0.25) is 0 Å². The van der Waals surface area contributed by atoms with Crippen molar-refractivity contribution in [3.05, 3.63) is 30.1 Å². The molecule has 4 nitrogen and oxygen atoms in total. The Morgan fingerprint density at radius 2 is 2.38 bits per heavy atom. The third-order valence-corrected chi connectivity index (χ3v) is 1.27. The van der Waals surface area contributed by atoms with Crippen molar-refractivity contribution in [1.29, 1.82) is 0 Å². The highest BCUT2D eigenvalue weighted by Gasteiger charge is 2.01. The van der Waals surface area contributed by atoms with Gasteiger partial charge in [-0.2, -0.15) is 0 Å². The molecule has 0 radical (unpaired) electrons. The fourth-order valence-electron chi connectivity index (χ4n) is 0.733. The summed E-state index contributed by atoms with van der Waals surface area (Å²) in [6, 6.07) is 3.29. The molecule has 0 fully saturated rings. The van der Waals surface area contributed by atoms with Crippen molar-refractivity contribution in [3.63, 3.8) is 0 Å². The summed E-state index contributed by atoms with van der Waals surface area (Å²) >= 11 is 0. The van der Waals surface area contributed by atoms with Crippen LogP contribution in [-0.2, 0) is 4.79 Å². The minimum absolute atomic E-state index is 0. The van der Waals surface area contributed by atoms with Crippen LogP contribution in [0.5, 0.6) is 0 Å². The van der Waals surface area contributed by atoms with E-state index in [2.05, 4.69) is 10.3 Å². The van der Waals surface area contributed by atoms with Gasteiger partial charge in [-0.15, -0.1) is 0 Å². The van der Waals surface area contributed by atoms with E-state index < -0.39 is 0 Å². The minimum atomic E-state index is -0.282. The van der Waals surface area contributed by atoms with E-state index in [0.29, 0.717) is 11.8 Å². The molecule has 70 valence electrons. The molecule has 1 aromatic heterocycles. The number of aldehydes is 1. The van der Waals surface area contributed by atoms with Crippen LogP contribution in [-0.4, -0.2) is 23.7 Å². The zero-order valence-electron chi connectivity index (χ0n) is 6.36. The van der Waals surface area contributed by atoms with Gasteiger partial charge in [-0.3, -0.25) is 9.78 Å². The first kappa shape index (κ1) is 11.3. The SMILES string of the molecule is C.O=CCNC(=O)c1cccnc1. The molecule has 0 aromatic carbocycles. The molecule has 0 aliphatic carbocycles. The number of aromatic nitrogens is 1. The molecule has 0 unspecified atom stereocenters. The third-order valence-electron chi connectivity index (χ3n) is 1.27. The maximum absolute atomic E-state index is 11.1. The highest BCUT2D eigenvalue weighted by atomic mass is 16.2. The van der Waals surface area contributed by atoms with Gasteiger partial charge in [-0.05, 0) is 12.1 Å². The van der Waals surface area contributed by atoms with Gasteiger partial charge in [0.25, 0.3) is 5.91 Å². The lowest BCUT2D eigenvalue weighted by molar-refractivity contribution is -0.107. The van der Waals surface area contributed by atoms with Gasteiger partial charge in [0.05, 0.1) is 12.1 Å². The number of carbonyl (C=O) groups excluding carboxylic acids is 2. The van der Waals surface area contributed by atoms with Gasteiger partial charge < -0.3 is 10.1 Å². The smallest absolute Gasteiger partial charge is 0.253 e. The molecule has 1 amide bonds. The van der Waals surface area contributed by atoms with Crippen LogP contribution in [0.15, 0.2) is 24.5 Å². The Kier molecular flexibility index (Phi) is 5.11. The van der Waals surface area contributed by atoms with E-state index in [4.69, 9.17) is 0 Å². The molecular weight excluding hydrogens is 168 g/mol. The zero-order chi connectivity index (χ0) is 8.81. The van der Waals surface area contributed by atoms with Crippen LogP contribution in [0.3, 0.4) is 0 Å². The first-order valence-electron chi connectivity index (χ1n) is 3.46. The third kappa shape index (κ3) is 3.46. The predicted molar refractivity (Wildman–Crippen MR) is 49.4 cm³/mol. The number of nitrogens with one attached hydrogen (secondary N) is 1. The summed E-state index contributed by atoms with van der Waals surface area (Å²) in [5, 5.41) is 2.40. The topological polar surface area (TPSA) is 59.1 Å². The van der Waals surface area contributed by atoms with Gasteiger partial charge in [0.1, 0.15) is 6.29 Å². The number of nitrogens with zero attached hydrogens (tertiary/aromatic N) is 1. The van der Waals surface area contributed by atoms with Crippen molar-refractivity contribution in [2.45, 2.75) is 7.43 Å². The van der Waals surface area contributed by atoms with Crippen molar-refractivity contribution in [2.75, 3.05) is 6.54 Å². The van der Waals surface area contributed by atoms with E-state index in [1.54, 1.807) is 18.3 Å². The summed E-state index contributed by atoms with van der Waals surface area (Å²) in [6.45, 7) is 0.0354. The molecule has 0 spiro atoms. The van der Waals surface area contributed by atoms with Gasteiger partial charge in [-0.1, -0.05) is 7.43 Å². The van der Waals surface area contributed by atoms with Crippen molar-refractivity contribution in [2.24, 2.45) is 0 Å². The Morgan fingerprint density at radius 3 is 2.92 bits per heavy atom. The summed E-state index contributed by atoms with van der Waals surface area (Å²) in [5.74, 6) is -0.282. The summed E-state index contributed by atoms with van der Waals surface area (Å²) in [5.41, 5.74) is 0.458. The maximum atomic E-state index is 11.1. The number of carbonyl (C=O) groups is 2. The monoisotopic (exact) mass is 180 g/mol. The van der Waals surface area contributed by atoms with Crippen LogP contribution in [0, 0.1) is 0 Å². The highest BCUT2D eigenvalue weighted by molar-refractivity contribution is 5.94. The minimum Gasteiger partial charge on any atom is -0.345 e. The molecule has 0 bridgehead atoms. The van der Waals surface area contributed by atoms with Crippen LogP contribution in [0.4, 0.5) is 0 Å². The Bertz CT molecular complexity index is 272. The first-order chi connectivity index (χ1) is 5.84. The lowest BCUT2D eigenvalue weighted by Gasteiger charge is -1.98. The molecular formula is C9H12N2O2. The van der Waals surface area contributed by atoms with Gasteiger partial charge in [-0.25, -0.2) is 0 Å². The van der Waals surface area contributed by atoms with Crippen molar-refractivity contribution in [3.8, 4) is 0 Å². The van der Waals surface area contributed by atoms with Crippen molar-refractivity contribution >= 4 is 12.2 Å². The fourth-order valence-corrected chi connectivity index (χ4v) is 0.733. The normalized spacial score (nSPS) is 8.31. The van der Waals surface area contributed by atoms with Crippen molar-refractivity contribution < 1.29 is 9.59 Å². The van der Waals surface area contributed by atoms with Crippen LogP contribution < -0.4 is 5.32 Å². The number of pyridine rings is 1. The van der Waals surface area contributed by atoms with E-state index in [-0.39, 0.29) is 19.9 Å². The van der Waals surface area contributed by atoms with Crippen molar-refractivity contribution in [1.82, 2.24) is 10.3 Å². The molecule has 1 heterocycles. The lowest BCUT2D eigenvalue weighted by atomic mass is 10.3. The number of hydrogen-bond acceptors (Lipinski definition) is 3. The first-order valence-corrected chi connectivity index (χ1v) is 3.46. The molecule has 0 aliphatic rings. The molecule has 0 saturated heterocycles. The molecule has 0 saturated carbocycles.